The zero-order chi connectivity index (χ0) is 13.8. The summed E-state index contributed by atoms with van der Waals surface area (Å²) in [6, 6.07) is 10.1. The monoisotopic (exact) mass is 297 g/mol. The zero-order valence-electron chi connectivity index (χ0n) is 10.5. The van der Waals surface area contributed by atoms with E-state index in [0.29, 0.717) is 16.6 Å². The molecule has 0 saturated carbocycles. The van der Waals surface area contributed by atoms with Gasteiger partial charge in [0, 0.05) is 16.6 Å². The maximum Gasteiger partial charge on any atom is 0.123 e. The molecule has 0 unspecified atom stereocenters. The Balaban J connectivity index is 2.47. The Kier molecular flexibility index (Phi) is 4.81. The molecule has 0 amide bonds. The van der Waals surface area contributed by atoms with Crippen LogP contribution in [0.1, 0.15) is 12.5 Å². The second-order valence-electron chi connectivity index (χ2n) is 4.24. The Morgan fingerprint density at radius 1 is 1.05 bits per heavy atom. The van der Waals surface area contributed by atoms with Crippen LogP contribution in [0, 0.1) is 5.82 Å². The lowest BCUT2D eigenvalue weighted by atomic mass is 9.99. The van der Waals surface area contributed by atoms with E-state index in [4.69, 9.17) is 23.2 Å². The molecule has 4 heteroatoms. The molecule has 0 atom stereocenters. The van der Waals surface area contributed by atoms with Crippen LogP contribution in [0.2, 0.25) is 10.0 Å². The van der Waals surface area contributed by atoms with E-state index in [1.807, 2.05) is 19.1 Å². The first-order valence-corrected chi connectivity index (χ1v) is 6.81. The fourth-order valence-corrected chi connectivity index (χ4v) is 2.49. The van der Waals surface area contributed by atoms with E-state index in [1.165, 1.54) is 12.1 Å². The van der Waals surface area contributed by atoms with Crippen molar-refractivity contribution in [2.75, 3.05) is 6.54 Å². The van der Waals surface area contributed by atoms with Crippen LogP contribution in [0.5, 0.6) is 0 Å². The molecule has 0 heterocycles. The van der Waals surface area contributed by atoms with Gasteiger partial charge in [0.05, 0.1) is 0 Å². The molecular weight excluding hydrogens is 284 g/mol. The van der Waals surface area contributed by atoms with Gasteiger partial charge in [-0.3, -0.25) is 0 Å². The van der Waals surface area contributed by atoms with Gasteiger partial charge < -0.3 is 5.32 Å². The SMILES string of the molecule is CCNCc1cc(F)ccc1-c1cc(Cl)cc(Cl)c1. The van der Waals surface area contributed by atoms with E-state index in [2.05, 4.69) is 5.32 Å². The maximum absolute atomic E-state index is 13.4. The predicted octanol–water partition coefficient (Wildman–Crippen LogP) is 4.91. The topological polar surface area (TPSA) is 12.0 Å². The summed E-state index contributed by atoms with van der Waals surface area (Å²) < 4.78 is 13.4. The third-order valence-corrected chi connectivity index (χ3v) is 3.24. The van der Waals surface area contributed by atoms with Crippen LogP contribution in [0.25, 0.3) is 11.1 Å². The summed E-state index contributed by atoms with van der Waals surface area (Å²) >= 11 is 12.0. The zero-order valence-corrected chi connectivity index (χ0v) is 12.0. The first-order chi connectivity index (χ1) is 9.10. The van der Waals surface area contributed by atoms with Crippen LogP contribution in [0.4, 0.5) is 4.39 Å². The minimum Gasteiger partial charge on any atom is -0.313 e. The summed E-state index contributed by atoms with van der Waals surface area (Å²) in [5.41, 5.74) is 2.72. The molecule has 0 aliphatic carbocycles. The van der Waals surface area contributed by atoms with Crippen LogP contribution >= 0.6 is 23.2 Å². The predicted molar refractivity (Wildman–Crippen MR) is 79.2 cm³/mol. The number of nitrogens with one attached hydrogen (secondary N) is 1. The Hall–Kier alpha value is -1.09. The van der Waals surface area contributed by atoms with E-state index in [1.54, 1.807) is 12.1 Å². The van der Waals surface area contributed by atoms with Gasteiger partial charge in [-0.2, -0.15) is 0 Å². The summed E-state index contributed by atoms with van der Waals surface area (Å²) in [7, 11) is 0. The number of halogens is 3. The lowest BCUT2D eigenvalue weighted by Crippen LogP contribution is -2.12. The van der Waals surface area contributed by atoms with E-state index >= 15 is 0 Å². The van der Waals surface area contributed by atoms with Crippen LogP contribution in [0.3, 0.4) is 0 Å². The Labute approximate surface area is 122 Å². The van der Waals surface area contributed by atoms with E-state index in [9.17, 15) is 4.39 Å². The lowest BCUT2D eigenvalue weighted by molar-refractivity contribution is 0.622. The van der Waals surface area contributed by atoms with Crippen LogP contribution in [-0.2, 0) is 6.54 Å². The molecule has 0 radical (unpaired) electrons. The number of benzene rings is 2. The molecule has 100 valence electrons. The molecule has 0 fully saturated rings. The number of hydrogen-bond acceptors (Lipinski definition) is 1. The third kappa shape index (κ3) is 3.69. The number of rotatable bonds is 4. The summed E-state index contributed by atoms with van der Waals surface area (Å²) in [5.74, 6) is -0.246. The molecule has 2 aromatic rings. The van der Waals surface area contributed by atoms with Gasteiger partial charge in [0.2, 0.25) is 0 Å². The van der Waals surface area contributed by atoms with Crippen molar-refractivity contribution in [3.63, 3.8) is 0 Å². The second-order valence-corrected chi connectivity index (χ2v) is 5.11. The van der Waals surface area contributed by atoms with E-state index in [0.717, 1.165) is 23.2 Å². The Morgan fingerprint density at radius 2 is 1.74 bits per heavy atom. The molecule has 2 rings (SSSR count). The summed E-state index contributed by atoms with van der Waals surface area (Å²) in [6.45, 7) is 3.44. The second kappa shape index (κ2) is 6.38. The Bertz CT molecular complexity index is 564. The molecule has 0 spiro atoms. The molecule has 2 aromatic carbocycles. The first-order valence-electron chi connectivity index (χ1n) is 6.05. The van der Waals surface area contributed by atoms with Gasteiger partial charge in [-0.05, 0) is 53.6 Å². The van der Waals surface area contributed by atoms with E-state index in [-0.39, 0.29) is 5.82 Å². The average Bonchev–Trinajstić information content (AvgIpc) is 2.35. The van der Waals surface area contributed by atoms with Gasteiger partial charge in [-0.1, -0.05) is 36.2 Å². The largest absolute Gasteiger partial charge is 0.313 e. The quantitative estimate of drug-likeness (QED) is 0.845. The minimum absolute atomic E-state index is 0.246. The Morgan fingerprint density at radius 3 is 2.37 bits per heavy atom. The van der Waals surface area contributed by atoms with Crippen molar-refractivity contribution in [3.8, 4) is 11.1 Å². The summed E-state index contributed by atoms with van der Waals surface area (Å²) in [6.07, 6.45) is 0. The standard InChI is InChI=1S/C15H14Cl2FN/c1-2-19-9-11-7-14(18)3-4-15(11)10-5-12(16)8-13(17)6-10/h3-8,19H,2,9H2,1H3. The highest BCUT2D eigenvalue weighted by Gasteiger charge is 2.08. The highest BCUT2D eigenvalue weighted by atomic mass is 35.5. The third-order valence-electron chi connectivity index (χ3n) is 2.81. The summed E-state index contributed by atoms with van der Waals surface area (Å²) in [5, 5.41) is 4.34. The average molecular weight is 298 g/mol. The molecule has 19 heavy (non-hydrogen) atoms. The fraction of sp³-hybridized carbons (Fsp3) is 0.200. The molecule has 0 aliphatic heterocycles. The van der Waals surface area contributed by atoms with Crippen molar-refractivity contribution in [1.29, 1.82) is 0 Å². The highest BCUT2D eigenvalue weighted by Crippen LogP contribution is 2.30. The van der Waals surface area contributed by atoms with Crippen molar-refractivity contribution in [2.45, 2.75) is 13.5 Å². The maximum atomic E-state index is 13.4. The molecule has 0 bridgehead atoms. The van der Waals surface area contributed by atoms with E-state index < -0.39 is 0 Å². The summed E-state index contributed by atoms with van der Waals surface area (Å²) in [4.78, 5) is 0. The van der Waals surface area contributed by atoms with Crippen molar-refractivity contribution >= 4 is 23.2 Å². The smallest absolute Gasteiger partial charge is 0.123 e. The van der Waals surface area contributed by atoms with Gasteiger partial charge in [0.1, 0.15) is 5.82 Å². The molecule has 1 N–H and O–H groups in total. The molecule has 0 aromatic heterocycles. The van der Waals surface area contributed by atoms with Crippen LogP contribution in [-0.4, -0.2) is 6.54 Å². The van der Waals surface area contributed by atoms with Crippen LogP contribution in [0.15, 0.2) is 36.4 Å². The van der Waals surface area contributed by atoms with Crippen molar-refractivity contribution in [3.05, 3.63) is 57.8 Å². The number of hydrogen-bond donors (Lipinski definition) is 1. The molecule has 0 aliphatic rings. The molecule has 0 saturated heterocycles. The minimum atomic E-state index is -0.246. The van der Waals surface area contributed by atoms with Crippen molar-refractivity contribution in [2.24, 2.45) is 0 Å². The van der Waals surface area contributed by atoms with Gasteiger partial charge >= 0.3 is 0 Å². The highest BCUT2D eigenvalue weighted by molar-refractivity contribution is 6.35. The normalized spacial score (nSPS) is 10.7. The van der Waals surface area contributed by atoms with Gasteiger partial charge in [-0.15, -0.1) is 0 Å². The van der Waals surface area contributed by atoms with Gasteiger partial charge in [0.25, 0.3) is 0 Å². The lowest BCUT2D eigenvalue weighted by Gasteiger charge is -2.11. The van der Waals surface area contributed by atoms with Crippen LogP contribution < -0.4 is 5.32 Å². The first kappa shape index (κ1) is 14.3. The van der Waals surface area contributed by atoms with Gasteiger partial charge in [0.15, 0.2) is 0 Å². The fourth-order valence-electron chi connectivity index (χ4n) is 1.96. The van der Waals surface area contributed by atoms with Gasteiger partial charge in [-0.25, -0.2) is 4.39 Å². The molecular formula is C15H14Cl2FN. The molecule has 1 nitrogen and oxygen atoms in total. The van der Waals surface area contributed by atoms with Crippen molar-refractivity contribution in [1.82, 2.24) is 5.32 Å². The van der Waals surface area contributed by atoms with Crippen molar-refractivity contribution < 1.29 is 4.39 Å².